The zero-order valence-corrected chi connectivity index (χ0v) is 9.93. The first-order valence-electron chi connectivity index (χ1n) is 5.65. The molecule has 1 heterocycles. The largest absolute Gasteiger partial charge is 0.352 e. The van der Waals surface area contributed by atoms with E-state index in [-0.39, 0.29) is 17.5 Å². The van der Waals surface area contributed by atoms with Crippen molar-refractivity contribution >= 4 is 11.7 Å². The van der Waals surface area contributed by atoms with Crippen LogP contribution < -0.4 is 5.32 Å². The van der Waals surface area contributed by atoms with Gasteiger partial charge in [-0.3, -0.25) is 9.59 Å². The number of nitrogens with one attached hydrogen (secondary N) is 2. The Morgan fingerprint density at radius 1 is 1.28 bits per heavy atom. The molecule has 0 spiro atoms. The number of aromatic nitrogens is 2. The van der Waals surface area contributed by atoms with Crippen LogP contribution in [0.25, 0.3) is 0 Å². The molecular formula is C13H13N3O2. The van der Waals surface area contributed by atoms with Gasteiger partial charge in [-0.25, -0.2) is 4.98 Å². The number of imidazole rings is 1. The second kappa shape index (κ2) is 5.27. The van der Waals surface area contributed by atoms with Gasteiger partial charge in [0.1, 0.15) is 0 Å². The van der Waals surface area contributed by atoms with Crippen molar-refractivity contribution in [1.82, 2.24) is 15.3 Å². The van der Waals surface area contributed by atoms with Crippen LogP contribution >= 0.6 is 0 Å². The summed E-state index contributed by atoms with van der Waals surface area (Å²) >= 11 is 0. The van der Waals surface area contributed by atoms with Crippen molar-refractivity contribution in [2.45, 2.75) is 6.92 Å². The van der Waals surface area contributed by atoms with Crippen molar-refractivity contribution in [1.29, 1.82) is 0 Å². The third-order valence-corrected chi connectivity index (χ3v) is 2.47. The Kier molecular flexibility index (Phi) is 3.52. The Bertz CT molecular complexity index is 561. The van der Waals surface area contributed by atoms with Crippen LogP contribution in [0.2, 0.25) is 0 Å². The molecule has 1 amide bonds. The van der Waals surface area contributed by atoms with Gasteiger partial charge >= 0.3 is 0 Å². The fourth-order valence-electron chi connectivity index (χ4n) is 1.65. The van der Waals surface area contributed by atoms with Gasteiger partial charge in [0.2, 0.25) is 5.78 Å². The molecule has 2 N–H and O–H groups in total. The lowest BCUT2D eigenvalue weighted by Gasteiger charge is -2.07. The number of nitrogens with zero attached hydrogens (tertiary/aromatic N) is 1. The zero-order valence-electron chi connectivity index (χ0n) is 9.93. The van der Waals surface area contributed by atoms with Gasteiger partial charge in [0, 0.05) is 24.5 Å². The fraction of sp³-hybridized carbons (Fsp3) is 0.154. The number of hydrogen-bond donors (Lipinski definition) is 2. The van der Waals surface area contributed by atoms with Gasteiger partial charge in [0.25, 0.3) is 5.91 Å². The topological polar surface area (TPSA) is 74.8 Å². The Balaban J connectivity index is 2.39. The highest BCUT2D eigenvalue weighted by atomic mass is 16.2. The molecule has 1 aromatic carbocycles. The Labute approximate surface area is 104 Å². The molecule has 0 radical (unpaired) electrons. The van der Waals surface area contributed by atoms with E-state index in [4.69, 9.17) is 0 Å². The summed E-state index contributed by atoms with van der Waals surface area (Å²) in [4.78, 5) is 30.7. The van der Waals surface area contributed by atoms with E-state index in [1.54, 1.807) is 30.5 Å². The van der Waals surface area contributed by atoms with Crippen molar-refractivity contribution in [2.24, 2.45) is 0 Å². The molecule has 0 unspecified atom stereocenters. The minimum Gasteiger partial charge on any atom is -0.352 e. The molecule has 2 rings (SSSR count). The van der Waals surface area contributed by atoms with Gasteiger partial charge in [0.05, 0.1) is 5.56 Å². The quantitative estimate of drug-likeness (QED) is 0.797. The van der Waals surface area contributed by atoms with Crippen LogP contribution in [-0.4, -0.2) is 28.2 Å². The Hall–Kier alpha value is -2.43. The molecule has 5 heteroatoms. The molecule has 18 heavy (non-hydrogen) atoms. The summed E-state index contributed by atoms with van der Waals surface area (Å²) in [7, 11) is 0. The molecular weight excluding hydrogens is 230 g/mol. The van der Waals surface area contributed by atoms with Crippen LogP contribution in [0, 0.1) is 0 Å². The number of benzene rings is 1. The third-order valence-electron chi connectivity index (χ3n) is 2.47. The maximum atomic E-state index is 12.2. The summed E-state index contributed by atoms with van der Waals surface area (Å²) < 4.78 is 0. The first-order valence-corrected chi connectivity index (χ1v) is 5.65. The van der Waals surface area contributed by atoms with Crippen molar-refractivity contribution < 1.29 is 9.59 Å². The molecule has 0 atom stereocenters. The lowest BCUT2D eigenvalue weighted by Crippen LogP contribution is -2.25. The normalized spacial score (nSPS) is 10.1. The summed E-state index contributed by atoms with van der Waals surface area (Å²) in [5.74, 6) is -0.318. The van der Waals surface area contributed by atoms with Crippen molar-refractivity contribution in [2.75, 3.05) is 6.54 Å². The van der Waals surface area contributed by atoms with Crippen LogP contribution in [0.1, 0.15) is 33.5 Å². The first-order chi connectivity index (χ1) is 8.74. The highest BCUT2D eigenvalue weighted by Gasteiger charge is 2.18. The summed E-state index contributed by atoms with van der Waals surface area (Å²) in [6, 6.07) is 6.69. The van der Waals surface area contributed by atoms with E-state index >= 15 is 0 Å². The predicted octanol–water partition coefficient (Wildman–Crippen LogP) is 1.39. The number of carbonyl (C=O) groups excluding carboxylic acids is 2. The van der Waals surface area contributed by atoms with E-state index in [0.717, 1.165) is 0 Å². The monoisotopic (exact) mass is 243 g/mol. The first kappa shape index (κ1) is 12.0. The average molecular weight is 243 g/mol. The Morgan fingerprint density at radius 3 is 2.61 bits per heavy atom. The number of carbonyl (C=O) groups is 2. The number of H-pyrrole nitrogens is 1. The van der Waals surface area contributed by atoms with Gasteiger partial charge in [-0.15, -0.1) is 0 Å². The van der Waals surface area contributed by atoms with E-state index in [2.05, 4.69) is 15.3 Å². The van der Waals surface area contributed by atoms with Gasteiger partial charge in [0.15, 0.2) is 5.82 Å². The van der Waals surface area contributed by atoms with Crippen molar-refractivity contribution in [3.8, 4) is 0 Å². The van der Waals surface area contributed by atoms with Crippen LogP contribution in [0.15, 0.2) is 36.7 Å². The van der Waals surface area contributed by atoms with E-state index in [1.807, 2.05) is 6.92 Å². The molecule has 92 valence electrons. The second-order valence-electron chi connectivity index (χ2n) is 3.67. The smallest absolute Gasteiger partial charge is 0.252 e. The minimum absolute atomic E-state index is 0.228. The van der Waals surface area contributed by atoms with E-state index in [9.17, 15) is 9.59 Å². The molecule has 0 saturated carbocycles. The molecule has 5 nitrogen and oxygen atoms in total. The summed E-state index contributed by atoms with van der Waals surface area (Å²) in [6.45, 7) is 2.34. The Morgan fingerprint density at radius 2 is 2.00 bits per heavy atom. The lowest BCUT2D eigenvalue weighted by atomic mass is 10.0. The summed E-state index contributed by atoms with van der Waals surface area (Å²) in [6.07, 6.45) is 3.07. The third kappa shape index (κ3) is 2.29. The van der Waals surface area contributed by atoms with Gasteiger partial charge in [-0.05, 0) is 13.0 Å². The zero-order chi connectivity index (χ0) is 13.0. The van der Waals surface area contributed by atoms with Crippen LogP contribution in [0.4, 0.5) is 0 Å². The number of hydrogen-bond acceptors (Lipinski definition) is 3. The van der Waals surface area contributed by atoms with Gasteiger partial charge in [-0.1, -0.05) is 18.2 Å². The number of aromatic amines is 1. The molecule has 0 aliphatic heterocycles. The number of ketones is 1. The molecule has 0 aliphatic rings. The van der Waals surface area contributed by atoms with Crippen molar-refractivity contribution in [3.05, 3.63) is 53.6 Å². The summed E-state index contributed by atoms with van der Waals surface area (Å²) in [5, 5.41) is 2.68. The summed E-state index contributed by atoms with van der Waals surface area (Å²) in [5.41, 5.74) is 0.708. The molecule has 0 aliphatic carbocycles. The molecule has 1 aromatic heterocycles. The highest BCUT2D eigenvalue weighted by Crippen LogP contribution is 2.12. The van der Waals surface area contributed by atoms with Crippen LogP contribution in [0.5, 0.6) is 0 Å². The fourth-order valence-corrected chi connectivity index (χ4v) is 1.65. The van der Waals surface area contributed by atoms with Gasteiger partial charge in [-0.2, -0.15) is 0 Å². The maximum absolute atomic E-state index is 12.2. The SMILES string of the molecule is CCNC(=O)c1ccccc1C(=O)c1ncc[nH]1. The maximum Gasteiger partial charge on any atom is 0.252 e. The second-order valence-corrected chi connectivity index (χ2v) is 3.67. The number of amides is 1. The highest BCUT2D eigenvalue weighted by molar-refractivity contribution is 6.13. The molecule has 0 saturated heterocycles. The predicted molar refractivity (Wildman–Crippen MR) is 66.5 cm³/mol. The van der Waals surface area contributed by atoms with E-state index in [1.165, 1.54) is 6.20 Å². The molecule has 2 aromatic rings. The van der Waals surface area contributed by atoms with E-state index < -0.39 is 0 Å². The van der Waals surface area contributed by atoms with Crippen LogP contribution in [-0.2, 0) is 0 Å². The van der Waals surface area contributed by atoms with Crippen molar-refractivity contribution in [3.63, 3.8) is 0 Å². The van der Waals surface area contributed by atoms with Crippen LogP contribution in [0.3, 0.4) is 0 Å². The number of rotatable bonds is 4. The molecule has 0 bridgehead atoms. The van der Waals surface area contributed by atoms with E-state index in [0.29, 0.717) is 17.7 Å². The standard InChI is InChI=1S/C13H13N3O2/c1-2-14-13(18)10-6-4-3-5-9(10)11(17)12-15-7-8-16-12/h3-8H,2H2,1H3,(H,14,18)(H,15,16). The average Bonchev–Trinajstić information content (AvgIpc) is 2.92. The minimum atomic E-state index is -0.290. The molecule has 0 fully saturated rings. The lowest BCUT2D eigenvalue weighted by molar-refractivity contribution is 0.0943. The van der Waals surface area contributed by atoms with Gasteiger partial charge < -0.3 is 10.3 Å².